The molecule has 0 amide bonds. The molecular weight excluding hydrogens is 274 g/mol. The van der Waals surface area contributed by atoms with Gasteiger partial charge in [0.25, 0.3) is 5.89 Å². The highest BCUT2D eigenvalue weighted by Crippen LogP contribution is 2.28. The third-order valence-electron chi connectivity index (χ3n) is 3.05. The molecule has 3 rings (SSSR count). The average Bonchev–Trinajstić information content (AvgIpc) is 2.92. The van der Waals surface area contributed by atoms with Gasteiger partial charge in [-0.15, -0.1) is 0 Å². The summed E-state index contributed by atoms with van der Waals surface area (Å²) in [6.07, 6.45) is 0. The number of aromatic nitrogens is 2. The summed E-state index contributed by atoms with van der Waals surface area (Å²) < 4.78 is 5.30. The van der Waals surface area contributed by atoms with E-state index < -0.39 is 0 Å². The molecule has 20 heavy (non-hydrogen) atoms. The van der Waals surface area contributed by atoms with E-state index in [9.17, 15) is 0 Å². The summed E-state index contributed by atoms with van der Waals surface area (Å²) in [6.45, 7) is 2.01. The van der Waals surface area contributed by atoms with Gasteiger partial charge in [0, 0.05) is 11.1 Å². The van der Waals surface area contributed by atoms with Crippen molar-refractivity contribution in [1.29, 1.82) is 0 Å². The minimum absolute atomic E-state index is 0.423. The Hall–Kier alpha value is -2.33. The van der Waals surface area contributed by atoms with Crippen molar-refractivity contribution in [2.75, 3.05) is 5.73 Å². The van der Waals surface area contributed by atoms with E-state index in [0.717, 1.165) is 16.7 Å². The Balaban J connectivity index is 2.02. The highest BCUT2D eigenvalue weighted by molar-refractivity contribution is 6.33. The number of halogens is 1. The summed E-state index contributed by atoms with van der Waals surface area (Å²) in [4.78, 5) is 4.41. The molecule has 0 saturated heterocycles. The van der Waals surface area contributed by atoms with E-state index in [0.29, 0.717) is 22.4 Å². The lowest BCUT2D eigenvalue weighted by atomic mass is 10.1. The van der Waals surface area contributed by atoms with Crippen LogP contribution in [0.25, 0.3) is 22.8 Å². The van der Waals surface area contributed by atoms with Crippen molar-refractivity contribution >= 4 is 17.3 Å². The first kappa shape index (κ1) is 12.7. The zero-order valence-corrected chi connectivity index (χ0v) is 11.6. The van der Waals surface area contributed by atoms with Gasteiger partial charge in [0.2, 0.25) is 5.82 Å². The third kappa shape index (κ3) is 2.26. The summed E-state index contributed by atoms with van der Waals surface area (Å²) in [6, 6.07) is 13.1. The van der Waals surface area contributed by atoms with E-state index in [1.807, 2.05) is 31.2 Å². The van der Waals surface area contributed by atoms with Crippen LogP contribution in [0.4, 0.5) is 5.69 Å². The Morgan fingerprint density at radius 3 is 2.70 bits per heavy atom. The predicted octanol–water partition coefficient (Wildman–Crippen LogP) is 3.95. The normalized spacial score (nSPS) is 10.7. The summed E-state index contributed by atoms with van der Waals surface area (Å²) >= 11 is 5.90. The highest BCUT2D eigenvalue weighted by Gasteiger charge is 2.12. The molecular formula is C15H12ClN3O. The molecule has 0 radical (unpaired) electrons. The number of rotatable bonds is 2. The number of nitrogens with zero attached hydrogens (tertiary/aromatic N) is 2. The molecule has 3 aromatic rings. The van der Waals surface area contributed by atoms with Crippen molar-refractivity contribution in [1.82, 2.24) is 10.1 Å². The van der Waals surface area contributed by atoms with Crippen molar-refractivity contribution in [2.45, 2.75) is 6.92 Å². The fraction of sp³-hybridized carbons (Fsp3) is 0.0667. The highest BCUT2D eigenvalue weighted by atomic mass is 35.5. The van der Waals surface area contributed by atoms with Crippen molar-refractivity contribution in [3.63, 3.8) is 0 Å². The van der Waals surface area contributed by atoms with E-state index in [1.165, 1.54) is 0 Å². The zero-order chi connectivity index (χ0) is 14.1. The van der Waals surface area contributed by atoms with E-state index in [-0.39, 0.29) is 0 Å². The SMILES string of the molecule is Cc1ccccc1-c1noc(-c2ccc(Cl)c(N)c2)n1. The van der Waals surface area contributed by atoms with Gasteiger partial charge < -0.3 is 10.3 Å². The number of aryl methyl sites for hydroxylation is 1. The number of anilines is 1. The first-order valence-corrected chi connectivity index (χ1v) is 6.48. The first-order chi connectivity index (χ1) is 9.65. The molecule has 5 heteroatoms. The quantitative estimate of drug-likeness (QED) is 0.724. The van der Waals surface area contributed by atoms with Crippen molar-refractivity contribution in [3.05, 3.63) is 53.1 Å². The molecule has 0 unspecified atom stereocenters. The molecule has 1 aromatic heterocycles. The Kier molecular flexibility index (Phi) is 3.16. The lowest BCUT2D eigenvalue weighted by Crippen LogP contribution is -1.88. The summed E-state index contributed by atoms with van der Waals surface area (Å²) in [7, 11) is 0. The summed E-state index contributed by atoms with van der Waals surface area (Å²) in [5, 5.41) is 4.52. The molecule has 0 aliphatic rings. The summed E-state index contributed by atoms with van der Waals surface area (Å²) in [5.41, 5.74) is 9.06. The van der Waals surface area contributed by atoms with Crippen molar-refractivity contribution in [2.24, 2.45) is 0 Å². The number of hydrogen-bond donors (Lipinski definition) is 1. The smallest absolute Gasteiger partial charge is 0.258 e. The zero-order valence-electron chi connectivity index (χ0n) is 10.8. The second kappa shape index (κ2) is 4.98. The molecule has 0 saturated carbocycles. The van der Waals surface area contributed by atoms with Crippen LogP contribution in [0, 0.1) is 6.92 Å². The van der Waals surface area contributed by atoms with Gasteiger partial charge in [-0.25, -0.2) is 0 Å². The van der Waals surface area contributed by atoms with Crippen LogP contribution in [-0.2, 0) is 0 Å². The van der Waals surface area contributed by atoms with Crippen LogP contribution < -0.4 is 5.73 Å². The molecule has 4 nitrogen and oxygen atoms in total. The van der Waals surface area contributed by atoms with Gasteiger partial charge in [-0.2, -0.15) is 4.98 Å². The maximum Gasteiger partial charge on any atom is 0.258 e. The largest absolute Gasteiger partial charge is 0.398 e. The standard InChI is InChI=1S/C15H12ClN3O/c1-9-4-2-3-5-11(9)14-18-15(20-19-14)10-6-7-12(16)13(17)8-10/h2-8H,17H2,1H3. The second-order valence-corrected chi connectivity index (χ2v) is 4.88. The van der Waals surface area contributed by atoms with Crippen LogP contribution in [0.3, 0.4) is 0 Å². The van der Waals surface area contributed by atoms with Gasteiger partial charge >= 0.3 is 0 Å². The number of nitrogen functional groups attached to an aromatic ring is 1. The second-order valence-electron chi connectivity index (χ2n) is 4.47. The molecule has 0 atom stereocenters. The average molecular weight is 286 g/mol. The molecule has 1 heterocycles. The Bertz CT molecular complexity index is 767. The fourth-order valence-corrected chi connectivity index (χ4v) is 2.07. The van der Waals surface area contributed by atoms with Gasteiger partial charge in [-0.05, 0) is 30.7 Å². The first-order valence-electron chi connectivity index (χ1n) is 6.10. The van der Waals surface area contributed by atoms with Crippen LogP contribution >= 0.6 is 11.6 Å². The molecule has 0 bridgehead atoms. The fourth-order valence-electron chi connectivity index (χ4n) is 1.95. The van der Waals surface area contributed by atoms with Gasteiger partial charge in [0.05, 0.1) is 10.7 Å². The topological polar surface area (TPSA) is 64.9 Å². The van der Waals surface area contributed by atoms with Gasteiger partial charge in [0.15, 0.2) is 0 Å². The lowest BCUT2D eigenvalue weighted by Gasteiger charge is -1.99. The molecule has 0 aliphatic carbocycles. The predicted molar refractivity (Wildman–Crippen MR) is 79.3 cm³/mol. The summed E-state index contributed by atoms with van der Waals surface area (Å²) in [5.74, 6) is 0.984. The minimum Gasteiger partial charge on any atom is -0.398 e. The van der Waals surface area contributed by atoms with Gasteiger partial charge in [0.1, 0.15) is 0 Å². The molecule has 2 aromatic carbocycles. The maximum absolute atomic E-state index is 5.90. The van der Waals surface area contributed by atoms with Crippen LogP contribution in [0.1, 0.15) is 5.56 Å². The molecule has 0 fully saturated rings. The Morgan fingerprint density at radius 2 is 1.95 bits per heavy atom. The van der Waals surface area contributed by atoms with Crippen LogP contribution in [0.2, 0.25) is 5.02 Å². The Morgan fingerprint density at radius 1 is 1.15 bits per heavy atom. The number of benzene rings is 2. The molecule has 100 valence electrons. The van der Waals surface area contributed by atoms with E-state index in [4.69, 9.17) is 21.9 Å². The minimum atomic E-state index is 0.423. The van der Waals surface area contributed by atoms with Crippen LogP contribution in [0.15, 0.2) is 47.0 Å². The van der Waals surface area contributed by atoms with E-state index >= 15 is 0 Å². The van der Waals surface area contributed by atoms with E-state index in [1.54, 1.807) is 18.2 Å². The molecule has 2 N–H and O–H groups in total. The molecule has 0 spiro atoms. The molecule has 0 aliphatic heterocycles. The van der Waals surface area contributed by atoms with Crippen LogP contribution in [-0.4, -0.2) is 10.1 Å². The third-order valence-corrected chi connectivity index (χ3v) is 3.40. The van der Waals surface area contributed by atoms with Gasteiger partial charge in [-0.3, -0.25) is 0 Å². The lowest BCUT2D eigenvalue weighted by molar-refractivity contribution is 0.432. The van der Waals surface area contributed by atoms with Crippen LogP contribution in [0.5, 0.6) is 0 Å². The maximum atomic E-state index is 5.90. The van der Waals surface area contributed by atoms with Gasteiger partial charge in [-0.1, -0.05) is 41.0 Å². The Labute approximate surface area is 121 Å². The van der Waals surface area contributed by atoms with E-state index in [2.05, 4.69) is 10.1 Å². The number of nitrogens with two attached hydrogens (primary N) is 1. The number of hydrogen-bond acceptors (Lipinski definition) is 4. The van der Waals surface area contributed by atoms with Crippen molar-refractivity contribution in [3.8, 4) is 22.8 Å². The monoisotopic (exact) mass is 285 g/mol. The van der Waals surface area contributed by atoms with Crippen molar-refractivity contribution < 1.29 is 4.52 Å².